The van der Waals surface area contributed by atoms with Gasteiger partial charge >= 0.3 is 5.97 Å². The summed E-state index contributed by atoms with van der Waals surface area (Å²) in [5.74, 6) is -0.170. The zero-order valence-corrected chi connectivity index (χ0v) is 22.1. The standard InChI is InChI=1S/C28H53NO5/c1-3-5-7-9-12-17-25-33-28(34-26-18-13-10-8-6-4-2)20-19-27(31)32-24-16-14-11-15-21-29-22-23-30/h5-8,28-30H,3-4,9-26H2,1-2H3/b7-5-,8-6-. The lowest BCUT2D eigenvalue weighted by atomic mass is 10.2. The van der Waals surface area contributed by atoms with E-state index in [1.54, 1.807) is 0 Å². The summed E-state index contributed by atoms with van der Waals surface area (Å²) >= 11 is 0. The minimum atomic E-state index is -0.337. The Bertz CT molecular complexity index is 457. The minimum Gasteiger partial charge on any atom is -0.466 e. The molecule has 0 aliphatic heterocycles. The lowest BCUT2D eigenvalue weighted by Crippen LogP contribution is -2.21. The van der Waals surface area contributed by atoms with Gasteiger partial charge in [0.2, 0.25) is 0 Å². The Labute approximate surface area is 209 Å². The zero-order chi connectivity index (χ0) is 25.0. The Morgan fingerprint density at radius 2 is 1.35 bits per heavy atom. The normalized spacial score (nSPS) is 11.9. The smallest absolute Gasteiger partial charge is 0.305 e. The van der Waals surface area contributed by atoms with Gasteiger partial charge in [-0.3, -0.25) is 4.79 Å². The van der Waals surface area contributed by atoms with Crippen LogP contribution in [0.25, 0.3) is 0 Å². The summed E-state index contributed by atoms with van der Waals surface area (Å²) in [5, 5.41) is 11.9. The number of hydrogen-bond acceptors (Lipinski definition) is 6. The van der Waals surface area contributed by atoms with Crippen molar-refractivity contribution < 1.29 is 24.1 Å². The number of aliphatic hydroxyl groups is 1. The first-order chi connectivity index (χ1) is 16.7. The topological polar surface area (TPSA) is 77.0 Å². The molecule has 0 aromatic rings. The van der Waals surface area contributed by atoms with E-state index in [-0.39, 0.29) is 18.9 Å². The summed E-state index contributed by atoms with van der Waals surface area (Å²) in [6.07, 6.45) is 22.0. The molecule has 0 bridgehead atoms. The van der Waals surface area contributed by atoms with E-state index in [1.165, 1.54) is 0 Å². The van der Waals surface area contributed by atoms with Crippen molar-refractivity contribution in [1.82, 2.24) is 5.32 Å². The van der Waals surface area contributed by atoms with Crippen molar-refractivity contribution in [2.45, 2.75) is 110 Å². The van der Waals surface area contributed by atoms with Crippen molar-refractivity contribution in [2.24, 2.45) is 0 Å². The number of aliphatic hydroxyl groups excluding tert-OH is 1. The highest BCUT2D eigenvalue weighted by molar-refractivity contribution is 5.69. The number of carbonyl (C=O) groups is 1. The van der Waals surface area contributed by atoms with Crippen LogP contribution in [0.4, 0.5) is 0 Å². The largest absolute Gasteiger partial charge is 0.466 e. The molecule has 6 nitrogen and oxygen atoms in total. The number of ether oxygens (including phenoxy) is 3. The van der Waals surface area contributed by atoms with Crippen molar-refractivity contribution >= 4 is 5.97 Å². The second-order valence-electron chi connectivity index (χ2n) is 8.57. The molecular formula is C28H53NO5. The van der Waals surface area contributed by atoms with Crippen molar-refractivity contribution in [1.29, 1.82) is 0 Å². The van der Waals surface area contributed by atoms with E-state index in [4.69, 9.17) is 19.3 Å². The predicted octanol–water partition coefficient (Wildman–Crippen LogP) is 6.08. The van der Waals surface area contributed by atoms with Gasteiger partial charge in [0.15, 0.2) is 6.29 Å². The summed E-state index contributed by atoms with van der Waals surface area (Å²) < 4.78 is 17.3. The van der Waals surface area contributed by atoms with Crippen molar-refractivity contribution in [2.75, 3.05) is 39.5 Å². The van der Waals surface area contributed by atoms with Crippen LogP contribution in [-0.2, 0) is 19.0 Å². The molecule has 0 heterocycles. The molecule has 0 aromatic heterocycles. The maximum atomic E-state index is 12.1. The van der Waals surface area contributed by atoms with Crippen LogP contribution in [0.5, 0.6) is 0 Å². The molecule has 0 fully saturated rings. The number of esters is 1. The summed E-state index contributed by atoms with van der Waals surface area (Å²) in [6, 6.07) is 0. The quantitative estimate of drug-likeness (QED) is 0.0671. The van der Waals surface area contributed by atoms with Crippen molar-refractivity contribution in [3.8, 4) is 0 Å². The van der Waals surface area contributed by atoms with Gasteiger partial charge in [-0.2, -0.15) is 0 Å². The molecule has 0 spiro atoms. The molecule has 0 saturated heterocycles. The molecule has 34 heavy (non-hydrogen) atoms. The molecular weight excluding hydrogens is 430 g/mol. The summed E-state index contributed by atoms with van der Waals surface area (Å²) in [7, 11) is 0. The van der Waals surface area contributed by atoms with Gasteiger partial charge in [-0.05, 0) is 70.8 Å². The highest BCUT2D eigenvalue weighted by Crippen LogP contribution is 2.10. The van der Waals surface area contributed by atoms with Gasteiger partial charge in [-0.15, -0.1) is 0 Å². The number of rotatable bonds is 26. The van der Waals surface area contributed by atoms with Crippen LogP contribution in [0.3, 0.4) is 0 Å². The molecule has 0 atom stereocenters. The lowest BCUT2D eigenvalue weighted by molar-refractivity contribution is -0.159. The molecule has 0 aromatic carbocycles. The van der Waals surface area contributed by atoms with Gasteiger partial charge < -0.3 is 24.6 Å². The molecule has 0 amide bonds. The van der Waals surface area contributed by atoms with Crippen LogP contribution in [0, 0.1) is 0 Å². The molecule has 0 radical (unpaired) electrons. The lowest BCUT2D eigenvalue weighted by Gasteiger charge is -2.18. The van der Waals surface area contributed by atoms with E-state index in [0.29, 0.717) is 39.2 Å². The predicted molar refractivity (Wildman–Crippen MR) is 141 cm³/mol. The second kappa shape index (κ2) is 28.0. The van der Waals surface area contributed by atoms with E-state index in [2.05, 4.69) is 43.5 Å². The van der Waals surface area contributed by atoms with Crippen LogP contribution in [0.1, 0.15) is 104 Å². The molecule has 6 heteroatoms. The number of carbonyl (C=O) groups excluding carboxylic acids is 1. The van der Waals surface area contributed by atoms with Gasteiger partial charge in [0, 0.05) is 26.2 Å². The first kappa shape index (κ1) is 32.8. The van der Waals surface area contributed by atoms with Crippen molar-refractivity contribution in [3.05, 3.63) is 24.3 Å². The van der Waals surface area contributed by atoms with Crippen molar-refractivity contribution in [3.63, 3.8) is 0 Å². The number of nitrogens with one attached hydrogen (secondary N) is 1. The van der Waals surface area contributed by atoms with E-state index in [0.717, 1.165) is 83.6 Å². The number of unbranched alkanes of at least 4 members (excludes halogenated alkanes) is 7. The first-order valence-corrected chi connectivity index (χ1v) is 13.7. The van der Waals surface area contributed by atoms with Crippen LogP contribution in [0.15, 0.2) is 24.3 Å². The van der Waals surface area contributed by atoms with Crippen LogP contribution < -0.4 is 5.32 Å². The van der Waals surface area contributed by atoms with E-state index in [9.17, 15) is 4.79 Å². The summed E-state index contributed by atoms with van der Waals surface area (Å²) in [4.78, 5) is 12.1. The van der Waals surface area contributed by atoms with E-state index in [1.807, 2.05) is 0 Å². The second-order valence-corrected chi connectivity index (χ2v) is 8.57. The Balaban J connectivity index is 4.01. The Morgan fingerprint density at radius 1 is 0.765 bits per heavy atom. The first-order valence-electron chi connectivity index (χ1n) is 13.7. The maximum Gasteiger partial charge on any atom is 0.305 e. The fourth-order valence-corrected chi connectivity index (χ4v) is 3.35. The summed E-state index contributed by atoms with van der Waals surface area (Å²) in [6.45, 7) is 7.84. The van der Waals surface area contributed by atoms with Gasteiger partial charge in [0.05, 0.1) is 19.6 Å². The van der Waals surface area contributed by atoms with Crippen LogP contribution in [0.2, 0.25) is 0 Å². The third-order valence-electron chi connectivity index (χ3n) is 5.33. The van der Waals surface area contributed by atoms with Gasteiger partial charge in [-0.25, -0.2) is 0 Å². The van der Waals surface area contributed by atoms with E-state index < -0.39 is 0 Å². The minimum absolute atomic E-state index is 0.170. The number of hydrogen-bond donors (Lipinski definition) is 2. The zero-order valence-electron chi connectivity index (χ0n) is 22.1. The number of allylic oxidation sites excluding steroid dienone is 4. The van der Waals surface area contributed by atoms with Crippen LogP contribution in [-0.4, -0.2) is 56.9 Å². The highest BCUT2D eigenvalue weighted by Gasteiger charge is 2.13. The Hall–Kier alpha value is -1.21. The molecule has 2 N–H and O–H groups in total. The molecule has 0 aliphatic carbocycles. The average molecular weight is 484 g/mol. The molecule has 0 unspecified atom stereocenters. The Kier molecular flexibility index (Phi) is 27.0. The summed E-state index contributed by atoms with van der Waals surface area (Å²) in [5.41, 5.74) is 0. The Morgan fingerprint density at radius 3 is 1.94 bits per heavy atom. The van der Waals surface area contributed by atoms with E-state index >= 15 is 0 Å². The maximum absolute atomic E-state index is 12.1. The fourth-order valence-electron chi connectivity index (χ4n) is 3.35. The molecule has 0 saturated carbocycles. The monoisotopic (exact) mass is 483 g/mol. The third kappa shape index (κ3) is 25.4. The SMILES string of the molecule is CC/C=C\CCCCOC(CCC(=O)OCCCCCCNCCO)OCCCC/C=C\CC. The average Bonchev–Trinajstić information content (AvgIpc) is 2.84. The molecule has 200 valence electrons. The highest BCUT2D eigenvalue weighted by atomic mass is 16.7. The van der Waals surface area contributed by atoms with Gasteiger partial charge in [-0.1, -0.05) is 51.0 Å². The van der Waals surface area contributed by atoms with Gasteiger partial charge in [0.1, 0.15) is 0 Å². The molecule has 0 rings (SSSR count). The third-order valence-corrected chi connectivity index (χ3v) is 5.33. The fraction of sp³-hybridized carbons (Fsp3) is 0.821. The van der Waals surface area contributed by atoms with Gasteiger partial charge in [0.25, 0.3) is 0 Å². The van der Waals surface area contributed by atoms with Crippen LogP contribution >= 0.6 is 0 Å². The molecule has 0 aliphatic rings.